The Morgan fingerprint density at radius 2 is 1.59 bits per heavy atom. The van der Waals surface area contributed by atoms with Gasteiger partial charge in [0.05, 0.1) is 13.2 Å². The molecule has 0 aliphatic carbocycles. The molecule has 4 rings (SSSR count). The van der Waals surface area contributed by atoms with Gasteiger partial charge >= 0.3 is 0 Å². The van der Waals surface area contributed by atoms with Gasteiger partial charge in [0.1, 0.15) is 5.82 Å². The van der Waals surface area contributed by atoms with E-state index in [-0.39, 0.29) is 0 Å². The largest absolute Gasteiger partial charge is 0.378 e. The Morgan fingerprint density at radius 3 is 2.30 bits per heavy atom. The summed E-state index contributed by atoms with van der Waals surface area (Å²) in [6.07, 6.45) is 0. The molecule has 2 aliphatic rings. The van der Waals surface area contributed by atoms with Crippen LogP contribution in [-0.2, 0) is 4.74 Å². The molecule has 27 heavy (non-hydrogen) atoms. The topological polar surface area (TPSA) is 44.7 Å². The van der Waals surface area contributed by atoms with E-state index in [1.165, 1.54) is 5.56 Å². The third kappa shape index (κ3) is 4.22. The van der Waals surface area contributed by atoms with Crippen molar-refractivity contribution in [2.24, 2.45) is 0 Å². The molecule has 3 heterocycles. The third-order valence-electron chi connectivity index (χ3n) is 5.59. The highest BCUT2D eigenvalue weighted by atomic mass is 16.5. The van der Waals surface area contributed by atoms with Gasteiger partial charge in [-0.15, -0.1) is 0 Å². The van der Waals surface area contributed by atoms with Gasteiger partial charge in [0.25, 0.3) is 0 Å². The van der Waals surface area contributed by atoms with Crippen LogP contribution in [0, 0.1) is 6.92 Å². The summed E-state index contributed by atoms with van der Waals surface area (Å²) in [5, 5.41) is 0. The predicted octanol–water partition coefficient (Wildman–Crippen LogP) is 2.50. The first-order valence-electron chi connectivity index (χ1n) is 9.93. The second-order valence-corrected chi connectivity index (χ2v) is 7.38. The van der Waals surface area contributed by atoms with Crippen molar-refractivity contribution in [3.8, 4) is 0 Å². The summed E-state index contributed by atoms with van der Waals surface area (Å²) < 4.78 is 5.46. The summed E-state index contributed by atoms with van der Waals surface area (Å²) >= 11 is 0. The molecular weight excluding hydrogens is 338 g/mol. The van der Waals surface area contributed by atoms with Crippen LogP contribution in [0.1, 0.15) is 24.2 Å². The molecule has 1 aromatic heterocycles. The third-order valence-corrected chi connectivity index (χ3v) is 5.59. The van der Waals surface area contributed by atoms with Crippen molar-refractivity contribution in [3.05, 3.63) is 47.7 Å². The minimum Gasteiger partial charge on any atom is -0.378 e. The van der Waals surface area contributed by atoms with Crippen molar-refractivity contribution in [1.29, 1.82) is 0 Å². The number of nitrogens with zero attached hydrogens (tertiary/aromatic N) is 5. The van der Waals surface area contributed by atoms with Crippen LogP contribution in [0.2, 0.25) is 0 Å². The van der Waals surface area contributed by atoms with Gasteiger partial charge < -0.3 is 14.5 Å². The number of hydrogen-bond donors (Lipinski definition) is 0. The molecule has 6 heteroatoms. The van der Waals surface area contributed by atoms with Crippen molar-refractivity contribution in [2.75, 3.05) is 62.3 Å². The van der Waals surface area contributed by atoms with Crippen LogP contribution in [-0.4, -0.2) is 67.4 Å². The van der Waals surface area contributed by atoms with Crippen molar-refractivity contribution in [1.82, 2.24) is 14.9 Å². The zero-order valence-corrected chi connectivity index (χ0v) is 16.3. The van der Waals surface area contributed by atoms with E-state index in [1.807, 2.05) is 0 Å². The molecule has 2 saturated heterocycles. The average Bonchev–Trinajstić information content (AvgIpc) is 2.74. The number of benzene rings is 1. The standard InChI is InChI=1S/C21H29N5O/c1-17-16-20(23-21(22-17)26-12-14-27-15-13-26)25-10-8-24(9-11-25)18(2)19-6-4-3-5-7-19/h3-7,16,18H,8-15H2,1-2H3. The van der Waals surface area contributed by atoms with Crippen LogP contribution in [0.3, 0.4) is 0 Å². The summed E-state index contributed by atoms with van der Waals surface area (Å²) in [4.78, 5) is 16.7. The fourth-order valence-electron chi connectivity index (χ4n) is 3.88. The zero-order valence-electron chi connectivity index (χ0n) is 16.3. The monoisotopic (exact) mass is 367 g/mol. The van der Waals surface area contributed by atoms with E-state index in [9.17, 15) is 0 Å². The highest BCUT2D eigenvalue weighted by Crippen LogP contribution is 2.24. The summed E-state index contributed by atoms with van der Waals surface area (Å²) in [6.45, 7) is 11.7. The molecule has 6 nitrogen and oxygen atoms in total. The van der Waals surface area contributed by atoms with Crippen molar-refractivity contribution < 1.29 is 4.74 Å². The molecule has 0 radical (unpaired) electrons. The summed E-state index contributed by atoms with van der Waals surface area (Å²) in [7, 11) is 0. The maximum Gasteiger partial charge on any atom is 0.227 e. The first-order chi connectivity index (χ1) is 13.2. The van der Waals surface area contributed by atoms with Crippen LogP contribution in [0.5, 0.6) is 0 Å². The van der Waals surface area contributed by atoms with E-state index in [4.69, 9.17) is 9.72 Å². The zero-order chi connectivity index (χ0) is 18.6. The molecule has 144 valence electrons. The number of hydrogen-bond acceptors (Lipinski definition) is 6. The van der Waals surface area contributed by atoms with E-state index in [1.54, 1.807) is 0 Å². The minimum absolute atomic E-state index is 0.449. The highest BCUT2D eigenvalue weighted by Gasteiger charge is 2.24. The molecule has 2 aromatic rings. The fourth-order valence-corrected chi connectivity index (χ4v) is 3.88. The number of rotatable bonds is 4. The van der Waals surface area contributed by atoms with Gasteiger partial charge in [-0.3, -0.25) is 4.90 Å². The molecule has 0 N–H and O–H groups in total. The normalized spacial score (nSPS) is 19.9. The van der Waals surface area contributed by atoms with Crippen LogP contribution >= 0.6 is 0 Å². The Hall–Kier alpha value is -2.18. The Labute approximate surface area is 161 Å². The number of morpholine rings is 1. The lowest BCUT2D eigenvalue weighted by molar-refractivity contribution is 0.122. The van der Waals surface area contributed by atoms with Crippen LogP contribution < -0.4 is 9.80 Å². The molecule has 1 unspecified atom stereocenters. The molecule has 0 amide bonds. The lowest BCUT2D eigenvalue weighted by atomic mass is 10.1. The van der Waals surface area contributed by atoms with Gasteiger partial charge in [-0.1, -0.05) is 30.3 Å². The number of aryl methyl sites for hydroxylation is 1. The maximum atomic E-state index is 5.46. The number of aromatic nitrogens is 2. The van der Waals surface area contributed by atoms with E-state index in [0.29, 0.717) is 6.04 Å². The van der Waals surface area contributed by atoms with Gasteiger partial charge in [0, 0.05) is 57.1 Å². The summed E-state index contributed by atoms with van der Waals surface area (Å²) in [5.74, 6) is 1.89. The first kappa shape index (κ1) is 18.2. The van der Waals surface area contributed by atoms with Crippen molar-refractivity contribution in [3.63, 3.8) is 0 Å². The van der Waals surface area contributed by atoms with E-state index in [0.717, 1.165) is 69.9 Å². The summed E-state index contributed by atoms with van der Waals surface area (Å²) in [6, 6.07) is 13.3. The highest BCUT2D eigenvalue weighted by molar-refractivity contribution is 5.46. The van der Waals surface area contributed by atoms with Gasteiger partial charge in [0.2, 0.25) is 5.95 Å². The number of anilines is 2. The molecule has 0 saturated carbocycles. The molecule has 1 atom stereocenters. The number of ether oxygens (including phenoxy) is 1. The number of piperazine rings is 1. The lowest BCUT2D eigenvalue weighted by Crippen LogP contribution is -2.47. The Bertz CT molecular complexity index is 739. The molecule has 2 aliphatic heterocycles. The second-order valence-electron chi connectivity index (χ2n) is 7.38. The smallest absolute Gasteiger partial charge is 0.227 e. The Kier molecular flexibility index (Phi) is 5.55. The van der Waals surface area contributed by atoms with Crippen LogP contribution in [0.15, 0.2) is 36.4 Å². The minimum atomic E-state index is 0.449. The molecular formula is C21H29N5O. The van der Waals surface area contributed by atoms with E-state index >= 15 is 0 Å². The lowest BCUT2D eigenvalue weighted by Gasteiger charge is -2.39. The van der Waals surface area contributed by atoms with E-state index < -0.39 is 0 Å². The van der Waals surface area contributed by atoms with Gasteiger partial charge in [0.15, 0.2) is 0 Å². The van der Waals surface area contributed by atoms with Crippen molar-refractivity contribution >= 4 is 11.8 Å². The maximum absolute atomic E-state index is 5.46. The van der Waals surface area contributed by atoms with Gasteiger partial charge in [-0.25, -0.2) is 4.98 Å². The Morgan fingerprint density at radius 1 is 0.889 bits per heavy atom. The van der Waals surface area contributed by atoms with Crippen molar-refractivity contribution in [2.45, 2.75) is 19.9 Å². The quantitative estimate of drug-likeness (QED) is 0.827. The predicted molar refractivity (Wildman–Crippen MR) is 108 cm³/mol. The van der Waals surface area contributed by atoms with Gasteiger partial charge in [-0.2, -0.15) is 4.98 Å². The van der Waals surface area contributed by atoms with E-state index in [2.05, 4.69) is 69.9 Å². The second kappa shape index (κ2) is 8.23. The van der Waals surface area contributed by atoms with Crippen LogP contribution in [0.25, 0.3) is 0 Å². The molecule has 1 aromatic carbocycles. The molecule has 0 spiro atoms. The van der Waals surface area contributed by atoms with Crippen LogP contribution in [0.4, 0.5) is 11.8 Å². The average molecular weight is 367 g/mol. The SMILES string of the molecule is Cc1cc(N2CCN(C(C)c3ccccc3)CC2)nc(N2CCOCC2)n1. The fraction of sp³-hybridized carbons (Fsp3) is 0.524. The van der Waals surface area contributed by atoms with Gasteiger partial charge in [-0.05, 0) is 19.4 Å². The molecule has 2 fully saturated rings. The summed E-state index contributed by atoms with van der Waals surface area (Å²) in [5.41, 5.74) is 2.42. The first-order valence-corrected chi connectivity index (χ1v) is 9.93. The molecule has 0 bridgehead atoms. The Balaban J connectivity index is 1.42.